The molecule has 0 atom stereocenters. The lowest BCUT2D eigenvalue weighted by Crippen LogP contribution is -2.21. The van der Waals surface area contributed by atoms with Gasteiger partial charge in [0, 0.05) is 14.7 Å². The molecule has 0 spiro atoms. The summed E-state index contributed by atoms with van der Waals surface area (Å²) in [4.78, 5) is 17.7. The molecule has 7 heteroatoms. The number of carbonyl (C=O) groups excluding carboxylic acids is 1. The molecule has 0 unspecified atom stereocenters. The highest BCUT2D eigenvalue weighted by atomic mass is 79.9. The monoisotopic (exact) mass is 427 g/mol. The number of nitrogens with zero attached hydrogens (tertiary/aromatic N) is 2. The van der Waals surface area contributed by atoms with E-state index in [-0.39, 0.29) is 11.1 Å². The largest absolute Gasteiger partial charge is 0.437 e. The maximum absolute atomic E-state index is 11.9. The second kappa shape index (κ2) is 6.71. The summed E-state index contributed by atoms with van der Waals surface area (Å²) < 4.78 is 6.73. The van der Waals surface area contributed by atoms with Crippen LogP contribution in [0.4, 0.5) is 5.00 Å². The van der Waals surface area contributed by atoms with Gasteiger partial charge in [-0.1, -0.05) is 15.9 Å². The fraction of sp³-hybridized carbons (Fsp3) is 0.211. The summed E-state index contributed by atoms with van der Waals surface area (Å²) >= 11 is 4.90. The van der Waals surface area contributed by atoms with Crippen LogP contribution in [-0.4, -0.2) is 5.91 Å². The van der Waals surface area contributed by atoms with Crippen LogP contribution in [-0.2, 0) is 12.8 Å². The van der Waals surface area contributed by atoms with Crippen molar-refractivity contribution < 1.29 is 9.21 Å². The van der Waals surface area contributed by atoms with Crippen molar-refractivity contribution in [1.82, 2.24) is 0 Å². The number of benzene rings is 1. The van der Waals surface area contributed by atoms with Gasteiger partial charge in [-0.25, -0.2) is 4.99 Å². The van der Waals surface area contributed by atoms with E-state index in [0.29, 0.717) is 16.1 Å². The number of halogens is 1. The predicted octanol–water partition coefficient (Wildman–Crippen LogP) is 4.34. The van der Waals surface area contributed by atoms with Crippen molar-refractivity contribution in [2.45, 2.75) is 25.7 Å². The number of hydrogen-bond acceptors (Lipinski definition) is 5. The number of hydrogen-bond donors (Lipinski definition) is 1. The minimum atomic E-state index is -0.616. The van der Waals surface area contributed by atoms with Crippen molar-refractivity contribution in [3.8, 4) is 6.07 Å². The molecule has 0 saturated carbocycles. The number of carbonyl (C=O) groups is 1. The molecule has 1 aliphatic carbocycles. The molecule has 26 heavy (non-hydrogen) atoms. The molecule has 0 aliphatic heterocycles. The molecule has 1 amide bonds. The highest BCUT2D eigenvalue weighted by Gasteiger charge is 2.21. The molecule has 3 aromatic rings. The Balaban J connectivity index is 1.98. The summed E-state index contributed by atoms with van der Waals surface area (Å²) in [7, 11) is 0. The molecule has 1 aliphatic rings. The third-order valence-corrected chi connectivity index (χ3v) is 6.12. The van der Waals surface area contributed by atoms with Gasteiger partial charge < -0.3 is 10.2 Å². The maximum Gasteiger partial charge on any atom is 0.254 e. The van der Waals surface area contributed by atoms with E-state index in [9.17, 15) is 10.1 Å². The summed E-state index contributed by atoms with van der Waals surface area (Å²) in [5, 5.41) is 10.9. The number of aryl methyl sites for hydroxylation is 1. The molecule has 0 radical (unpaired) electrons. The molecule has 0 bridgehead atoms. The zero-order valence-electron chi connectivity index (χ0n) is 13.7. The van der Waals surface area contributed by atoms with E-state index in [1.54, 1.807) is 12.1 Å². The fourth-order valence-corrected chi connectivity index (χ4v) is 4.78. The van der Waals surface area contributed by atoms with Gasteiger partial charge in [-0.3, -0.25) is 4.79 Å². The number of amides is 1. The average Bonchev–Trinajstić information content (AvgIpc) is 2.98. The Bertz CT molecular complexity index is 1150. The first-order valence-electron chi connectivity index (χ1n) is 8.19. The first kappa shape index (κ1) is 17.0. The van der Waals surface area contributed by atoms with Crippen LogP contribution in [0.25, 0.3) is 11.0 Å². The Morgan fingerprint density at radius 3 is 2.88 bits per heavy atom. The van der Waals surface area contributed by atoms with Gasteiger partial charge in [0.15, 0.2) is 0 Å². The van der Waals surface area contributed by atoms with E-state index in [1.807, 2.05) is 12.1 Å². The Kier molecular flexibility index (Phi) is 4.39. The average molecular weight is 428 g/mol. The Labute approximate surface area is 161 Å². The van der Waals surface area contributed by atoms with Crippen LogP contribution in [0.1, 0.15) is 39.2 Å². The normalized spacial score (nSPS) is 14.2. The molecule has 5 nitrogen and oxygen atoms in total. The lowest BCUT2D eigenvalue weighted by Gasteiger charge is -2.09. The Morgan fingerprint density at radius 2 is 2.12 bits per heavy atom. The number of fused-ring (bicyclic) bond motifs is 2. The van der Waals surface area contributed by atoms with Gasteiger partial charge in [0.2, 0.25) is 5.55 Å². The molecular formula is C19H14BrN3O2S. The van der Waals surface area contributed by atoms with Crippen LogP contribution in [0.3, 0.4) is 0 Å². The highest BCUT2D eigenvalue weighted by molar-refractivity contribution is 9.10. The number of thiophene rings is 1. The highest BCUT2D eigenvalue weighted by Crippen LogP contribution is 2.39. The molecule has 2 heterocycles. The van der Waals surface area contributed by atoms with Crippen LogP contribution < -0.4 is 11.3 Å². The van der Waals surface area contributed by atoms with E-state index in [1.165, 1.54) is 16.2 Å². The van der Waals surface area contributed by atoms with Crippen LogP contribution in [0.5, 0.6) is 0 Å². The number of primary amides is 1. The van der Waals surface area contributed by atoms with Crippen molar-refractivity contribution in [2.75, 3.05) is 0 Å². The third-order valence-electron chi connectivity index (χ3n) is 4.44. The molecule has 1 aromatic carbocycles. The predicted molar refractivity (Wildman–Crippen MR) is 103 cm³/mol. The second-order valence-corrected chi connectivity index (χ2v) is 8.13. The molecule has 2 aromatic heterocycles. The maximum atomic E-state index is 11.9. The third kappa shape index (κ3) is 2.96. The first-order chi connectivity index (χ1) is 12.6. The van der Waals surface area contributed by atoms with E-state index < -0.39 is 5.91 Å². The Morgan fingerprint density at radius 1 is 1.31 bits per heavy atom. The summed E-state index contributed by atoms with van der Waals surface area (Å²) in [6.45, 7) is 0. The van der Waals surface area contributed by atoms with Gasteiger partial charge in [-0.2, -0.15) is 5.26 Å². The first-order valence-corrected chi connectivity index (χ1v) is 9.80. The van der Waals surface area contributed by atoms with E-state index >= 15 is 0 Å². The number of rotatable bonds is 2. The van der Waals surface area contributed by atoms with Gasteiger partial charge in [0.1, 0.15) is 22.2 Å². The smallest absolute Gasteiger partial charge is 0.254 e. The van der Waals surface area contributed by atoms with Crippen molar-refractivity contribution in [2.24, 2.45) is 10.7 Å². The van der Waals surface area contributed by atoms with Crippen LogP contribution in [0, 0.1) is 11.3 Å². The van der Waals surface area contributed by atoms with Crippen molar-refractivity contribution in [3.63, 3.8) is 0 Å². The van der Waals surface area contributed by atoms with Gasteiger partial charge in [0.05, 0.1) is 5.56 Å². The zero-order valence-corrected chi connectivity index (χ0v) is 16.1. The molecule has 0 fully saturated rings. The van der Waals surface area contributed by atoms with Crippen LogP contribution in [0.2, 0.25) is 0 Å². The Hall–Kier alpha value is -2.43. The summed E-state index contributed by atoms with van der Waals surface area (Å²) in [5.41, 5.74) is 8.15. The number of nitrogens with two attached hydrogens (primary N) is 1. The zero-order chi connectivity index (χ0) is 18.3. The molecule has 0 saturated heterocycles. The molecular weight excluding hydrogens is 414 g/mol. The van der Waals surface area contributed by atoms with Crippen molar-refractivity contribution in [3.05, 3.63) is 55.9 Å². The quantitative estimate of drug-likeness (QED) is 0.658. The van der Waals surface area contributed by atoms with Gasteiger partial charge in [0.25, 0.3) is 5.91 Å². The molecule has 4 rings (SSSR count). The number of nitriles is 1. The van der Waals surface area contributed by atoms with Crippen LogP contribution in [0.15, 0.2) is 38.1 Å². The lowest BCUT2D eigenvalue weighted by molar-refractivity contribution is 0.0996. The lowest BCUT2D eigenvalue weighted by atomic mass is 9.96. The van der Waals surface area contributed by atoms with Crippen LogP contribution >= 0.6 is 27.3 Å². The van der Waals surface area contributed by atoms with Gasteiger partial charge in [-0.05, 0) is 55.5 Å². The SMILES string of the molecule is N#Cc1c(N=c2oc3ccc(Br)cc3cc2C(N)=O)sc2c1CCCC2. The van der Waals surface area contributed by atoms with Gasteiger partial charge >= 0.3 is 0 Å². The van der Waals surface area contributed by atoms with Crippen molar-refractivity contribution in [1.29, 1.82) is 5.26 Å². The van der Waals surface area contributed by atoms with E-state index in [2.05, 4.69) is 27.0 Å². The summed E-state index contributed by atoms with van der Waals surface area (Å²) in [6.07, 6.45) is 4.07. The second-order valence-electron chi connectivity index (χ2n) is 6.13. The molecule has 2 N–H and O–H groups in total. The fourth-order valence-electron chi connectivity index (χ4n) is 3.20. The van der Waals surface area contributed by atoms with E-state index in [4.69, 9.17) is 10.2 Å². The standard InChI is InChI=1S/C19H14BrN3O2S/c20-11-5-6-15-10(7-11)8-13(17(22)24)18(25-15)23-19-14(9-21)12-3-1-2-4-16(12)26-19/h5-8H,1-4H2,(H2,22,24). The summed E-state index contributed by atoms with van der Waals surface area (Å²) in [6, 6.07) is 9.44. The summed E-state index contributed by atoms with van der Waals surface area (Å²) in [5.74, 6) is -0.616. The van der Waals surface area contributed by atoms with E-state index in [0.717, 1.165) is 41.1 Å². The van der Waals surface area contributed by atoms with Gasteiger partial charge in [-0.15, -0.1) is 11.3 Å². The van der Waals surface area contributed by atoms with Crippen molar-refractivity contribution >= 4 is 49.1 Å². The minimum absolute atomic E-state index is 0.141. The minimum Gasteiger partial charge on any atom is -0.437 e. The topological polar surface area (TPSA) is 92.4 Å². The molecule has 130 valence electrons.